The van der Waals surface area contributed by atoms with Gasteiger partial charge in [-0.3, -0.25) is 4.90 Å². The van der Waals surface area contributed by atoms with Gasteiger partial charge in [0.1, 0.15) is 22.9 Å². The van der Waals surface area contributed by atoms with Gasteiger partial charge in [-0.25, -0.2) is 4.39 Å². The highest BCUT2D eigenvalue weighted by molar-refractivity contribution is 5.17. The van der Waals surface area contributed by atoms with E-state index in [2.05, 4.69) is 18.7 Å². The molecule has 0 amide bonds. The van der Waals surface area contributed by atoms with Gasteiger partial charge in [0, 0.05) is 19.7 Å². The Labute approximate surface area is 173 Å². The fourth-order valence-corrected chi connectivity index (χ4v) is 4.29. The lowest BCUT2D eigenvalue weighted by Gasteiger charge is -2.26. The summed E-state index contributed by atoms with van der Waals surface area (Å²) in [5, 5.41) is 11.1. The Morgan fingerprint density at radius 3 is 2.59 bits per heavy atom. The molecule has 0 radical (unpaired) electrons. The molecule has 5 heteroatoms. The first-order valence-corrected chi connectivity index (χ1v) is 10.9. The summed E-state index contributed by atoms with van der Waals surface area (Å²) in [4.78, 5) is 2.24. The molecule has 0 unspecified atom stereocenters. The van der Waals surface area contributed by atoms with Crippen LogP contribution in [0.2, 0.25) is 0 Å². The first kappa shape index (κ1) is 22.0. The Morgan fingerprint density at radius 1 is 1.14 bits per heavy atom. The molecule has 0 aliphatic carbocycles. The van der Waals surface area contributed by atoms with E-state index in [1.807, 2.05) is 18.2 Å². The molecule has 3 rings (SSSR count). The highest BCUT2D eigenvalue weighted by Gasteiger charge is 2.31. The highest BCUT2D eigenvalue weighted by atomic mass is 19.1. The van der Waals surface area contributed by atoms with E-state index in [0.717, 1.165) is 50.2 Å². The van der Waals surface area contributed by atoms with Crippen molar-refractivity contribution in [2.24, 2.45) is 0 Å². The third-order valence-electron chi connectivity index (χ3n) is 5.61. The van der Waals surface area contributed by atoms with Crippen LogP contribution in [0.1, 0.15) is 69.5 Å². The van der Waals surface area contributed by atoms with Crippen LogP contribution >= 0.6 is 0 Å². The molecule has 29 heavy (non-hydrogen) atoms. The van der Waals surface area contributed by atoms with Crippen molar-refractivity contribution in [2.75, 3.05) is 13.2 Å². The predicted molar refractivity (Wildman–Crippen MR) is 112 cm³/mol. The molecule has 2 heterocycles. The first-order chi connectivity index (χ1) is 14.0. The van der Waals surface area contributed by atoms with Crippen LogP contribution in [-0.2, 0) is 23.4 Å². The van der Waals surface area contributed by atoms with Gasteiger partial charge in [0.15, 0.2) is 0 Å². The Morgan fingerprint density at radius 2 is 1.93 bits per heavy atom. The zero-order valence-electron chi connectivity index (χ0n) is 17.7. The summed E-state index contributed by atoms with van der Waals surface area (Å²) in [6, 6.07) is 10.6. The summed E-state index contributed by atoms with van der Waals surface area (Å²) in [7, 11) is 0. The minimum absolute atomic E-state index is 0.204. The molecule has 4 nitrogen and oxygen atoms in total. The van der Waals surface area contributed by atoms with Crippen LogP contribution in [0.5, 0.6) is 0 Å². The lowest BCUT2D eigenvalue weighted by atomic mass is 9.90. The maximum atomic E-state index is 13.6. The zero-order valence-corrected chi connectivity index (χ0v) is 17.7. The van der Waals surface area contributed by atoms with Crippen molar-refractivity contribution in [2.45, 2.75) is 77.2 Å². The topological polar surface area (TPSA) is 45.8 Å². The molecule has 0 saturated carbocycles. The van der Waals surface area contributed by atoms with Gasteiger partial charge in [0.2, 0.25) is 0 Å². The fraction of sp³-hybridized carbons (Fsp3) is 0.583. The van der Waals surface area contributed by atoms with Crippen LogP contribution < -0.4 is 0 Å². The maximum Gasteiger partial charge on any atom is 0.135 e. The average Bonchev–Trinajstić information content (AvgIpc) is 3.34. The first-order valence-electron chi connectivity index (χ1n) is 10.9. The molecular formula is C24H34FNO3. The van der Waals surface area contributed by atoms with Gasteiger partial charge >= 0.3 is 0 Å². The van der Waals surface area contributed by atoms with Gasteiger partial charge < -0.3 is 14.3 Å². The van der Waals surface area contributed by atoms with E-state index in [-0.39, 0.29) is 11.9 Å². The Bertz CT molecular complexity index is 748. The average molecular weight is 404 g/mol. The normalized spacial score (nSPS) is 17.3. The van der Waals surface area contributed by atoms with Gasteiger partial charge in [-0.05, 0) is 55.5 Å². The van der Waals surface area contributed by atoms with E-state index >= 15 is 0 Å². The Balaban J connectivity index is 1.73. The molecule has 1 atom stereocenters. The molecule has 1 fully saturated rings. The van der Waals surface area contributed by atoms with Gasteiger partial charge in [0.05, 0.1) is 12.6 Å². The zero-order chi connectivity index (χ0) is 20.7. The highest BCUT2D eigenvalue weighted by Crippen LogP contribution is 2.33. The van der Waals surface area contributed by atoms with Crippen molar-refractivity contribution < 1.29 is 18.7 Å². The lowest BCUT2D eigenvalue weighted by molar-refractivity contribution is -0.00564. The number of nitrogens with zero attached hydrogens (tertiary/aromatic N) is 1. The summed E-state index contributed by atoms with van der Waals surface area (Å²) in [5.41, 5.74) is 0.0345. The number of furan rings is 1. The second kappa shape index (κ2) is 10.4. The molecule has 1 aliphatic heterocycles. The lowest BCUT2D eigenvalue weighted by Crippen LogP contribution is -2.31. The van der Waals surface area contributed by atoms with Crippen molar-refractivity contribution in [3.05, 3.63) is 59.3 Å². The number of aliphatic hydroxyl groups is 1. The SMILES string of the molecule is CCCC(O)(CCC)c1ccc(CN(Cc2cccc(F)c2)C[C@H]2CCCO2)o1. The van der Waals surface area contributed by atoms with E-state index in [1.165, 1.54) is 6.07 Å². The van der Waals surface area contributed by atoms with E-state index in [1.54, 1.807) is 12.1 Å². The van der Waals surface area contributed by atoms with E-state index in [0.29, 0.717) is 31.7 Å². The molecule has 0 bridgehead atoms. The van der Waals surface area contributed by atoms with Gasteiger partial charge in [-0.2, -0.15) is 0 Å². The maximum absolute atomic E-state index is 13.6. The number of rotatable bonds is 11. The molecule has 1 aromatic carbocycles. The van der Waals surface area contributed by atoms with Crippen LogP contribution in [0.25, 0.3) is 0 Å². The monoisotopic (exact) mass is 403 g/mol. The molecule has 1 aliphatic rings. The van der Waals surface area contributed by atoms with Crippen LogP contribution in [0.4, 0.5) is 4.39 Å². The van der Waals surface area contributed by atoms with Gasteiger partial charge in [0.25, 0.3) is 0 Å². The summed E-state index contributed by atoms with van der Waals surface area (Å²) >= 11 is 0. The quantitative estimate of drug-likeness (QED) is 0.547. The number of halogens is 1. The number of hydrogen-bond acceptors (Lipinski definition) is 4. The molecule has 1 N–H and O–H groups in total. The largest absolute Gasteiger partial charge is 0.462 e. The second-order valence-electron chi connectivity index (χ2n) is 8.23. The third kappa shape index (κ3) is 6.14. The molecule has 1 aromatic heterocycles. The van der Waals surface area contributed by atoms with Crippen LogP contribution in [-0.4, -0.2) is 29.3 Å². The van der Waals surface area contributed by atoms with E-state index in [4.69, 9.17) is 9.15 Å². The smallest absolute Gasteiger partial charge is 0.135 e. The number of hydrogen-bond donors (Lipinski definition) is 1. The predicted octanol–water partition coefficient (Wildman–Crippen LogP) is 5.39. The van der Waals surface area contributed by atoms with Gasteiger partial charge in [-0.15, -0.1) is 0 Å². The van der Waals surface area contributed by atoms with Crippen LogP contribution in [0.15, 0.2) is 40.8 Å². The van der Waals surface area contributed by atoms with Crippen LogP contribution in [0, 0.1) is 5.82 Å². The van der Waals surface area contributed by atoms with Crippen molar-refractivity contribution in [1.82, 2.24) is 4.90 Å². The third-order valence-corrected chi connectivity index (χ3v) is 5.61. The molecule has 2 aromatic rings. The van der Waals surface area contributed by atoms with Crippen molar-refractivity contribution in [1.29, 1.82) is 0 Å². The standard InChI is InChI=1S/C24H34FNO3/c1-3-12-24(27,13-4-2)23-11-10-22(29-23)18-26(17-21-9-6-14-28-21)16-19-7-5-8-20(25)15-19/h5,7-8,10-11,15,21,27H,3-4,6,9,12-14,16-18H2,1-2H3/t21-/m1/s1. The summed E-state index contributed by atoms with van der Waals surface area (Å²) in [6.45, 7) is 6.97. The Hall–Kier alpha value is -1.69. The summed E-state index contributed by atoms with van der Waals surface area (Å²) in [6.07, 6.45) is 5.53. The van der Waals surface area contributed by atoms with E-state index < -0.39 is 5.60 Å². The molecular weight excluding hydrogens is 369 g/mol. The van der Waals surface area contributed by atoms with E-state index in [9.17, 15) is 9.50 Å². The summed E-state index contributed by atoms with van der Waals surface area (Å²) in [5.74, 6) is 1.25. The molecule has 1 saturated heterocycles. The minimum atomic E-state index is -0.899. The fourth-order valence-electron chi connectivity index (χ4n) is 4.29. The van der Waals surface area contributed by atoms with Crippen molar-refractivity contribution in [3.63, 3.8) is 0 Å². The van der Waals surface area contributed by atoms with Crippen molar-refractivity contribution >= 4 is 0 Å². The second-order valence-corrected chi connectivity index (χ2v) is 8.23. The van der Waals surface area contributed by atoms with Crippen molar-refractivity contribution in [3.8, 4) is 0 Å². The Kier molecular flexibility index (Phi) is 7.87. The molecule has 0 spiro atoms. The minimum Gasteiger partial charge on any atom is -0.462 e. The summed E-state index contributed by atoms with van der Waals surface area (Å²) < 4.78 is 25.6. The van der Waals surface area contributed by atoms with Gasteiger partial charge in [-0.1, -0.05) is 38.8 Å². The van der Waals surface area contributed by atoms with Crippen LogP contribution in [0.3, 0.4) is 0 Å². The molecule has 160 valence electrons. The number of benzene rings is 1. The number of ether oxygens (including phenoxy) is 1.